The van der Waals surface area contributed by atoms with Crippen molar-refractivity contribution in [2.24, 2.45) is 11.8 Å². The van der Waals surface area contributed by atoms with Gasteiger partial charge >= 0.3 is 11.9 Å². The second kappa shape index (κ2) is 15.3. The number of carbonyl (C=O) groups is 2. The van der Waals surface area contributed by atoms with Gasteiger partial charge in [-0.15, -0.1) is 0 Å². The third kappa shape index (κ3) is 9.67. The molecule has 0 amide bonds. The summed E-state index contributed by atoms with van der Waals surface area (Å²) in [5.74, 6) is -0.275. The monoisotopic (exact) mass is 526 g/mol. The predicted octanol–water partition coefficient (Wildman–Crippen LogP) is 9.05. The van der Waals surface area contributed by atoms with Crippen LogP contribution in [0.1, 0.15) is 99.8 Å². The Balaban J connectivity index is 2.83. The molecule has 0 spiro atoms. The van der Waals surface area contributed by atoms with E-state index in [1.165, 1.54) is 0 Å². The number of ether oxygens (including phenoxy) is 2. The first-order chi connectivity index (χ1) is 15.1. The van der Waals surface area contributed by atoms with Crippen LogP contribution in [0.5, 0.6) is 0 Å². The minimum atomic E-state index is -0.775. The molecule has 0 N–H and O–H groups in total. The van der Waals surface area contributed by atoms with Crippen molar-refractivity contribution in [2.45, 2.75) is 79.1 Å². The number of unbranched alkanes of at least 4 members (excludes halogenated alkanes) is 4. The van der Waals surface area contributed by atoms with Gasteiger partial charge in [0.15, 0.2) is 0 Å². The van der Waals surface area contributed by atoms with E-state index >= 15 is 0 Å². The molecule has 0 radical (unpaired) electrons. The van der Waals surface area contributed by atoms with Crippen LogP contribution in [-0.4, -0.2) is 25.2 Å². The fraction of sp³-hybridized carbons (Fsp3) is 0.667. The summed E-state index contributed by atoms with van der Waals surface area (Å²) in [4.78, 5) is 25.5. The summed E-state index contributed by atoms with van der Waals surface area (Å²) in [5.41, 5.74) is -0.420. The Morgan fingerprint density at radius 2 is 0.938 bits per heavy atom. The Morgan fingerprint density at radius 1 is 0.594 bits per heavy atom. The van der Waals surface area contributed by atoms with E-state index in [1.54, 1.807) is 0 Å². The molecule has 0 unspecified atom stereocenters. The number of halogens is 4. The van der Waals surface area contributed by atoms with Gasteiger partial charge in [0.1, 0.15) is 0 Å². The van der Waals surface area contributed by atoms with E-state index in [1.807, 2.05) is 0 Å². The zero-order valence-electron chi connectivity index (χ0n) is 19.4. The number of carbonyl (C=O) groups excluding carboxylic acids is 2. The Labute approximate surface area is 212 Å². The summed E-state index contributed by atoms with van der Waals surface area (Å²) in [6.07, 6.45) is 7.65. The number of esters is 2. The van der Waals surface area contributed by atoms with Crippen LogP contribution in [0.4, 0.5) is 0 Å². The second-order valence-corrected chi connectivity index (χ2v) is 10.3. The third-order valence-corrected chi connectivity index (χ3v) is 6.80. The van der Waals surface area contributed by atoms with Gasteiger partial charge in [0.25, 0.3) is 0 Å². The lowest BCUT2D eigenvalue weighted by molar-refractivity contribution is 0.0450. The molecule has 0 fully saturated rings. The standard InChI is InChI=1S/C24H34Cl4O4/c1-15(2)11-7-5-9-13-31-23(29)17-18(20(26)22(28)21(27)19(17)25)24(30)32-14-10-6-8-12-16(3)4/h15-16H,5-14H2,1-4H3. The van der Waals surface area contributed by atoms with Gasteiger partial charge in [-0.25, -0.2) is 9.59 Å². The van der Waals surface area contributed by atoms with Crippen LogP contribution in [0.3, 0.4) is 0 Å². The first-order valence-corrected chi connectivity index (χ1v) is 12.8. The van der Waals surface area contributed by atoms with Gasteiger partial charge in [0.2, 0.25) is 0 Å². The molecule has 1 rings (SSSR count). The van der Waals surface area contributed by atoms with Crippen molar-refractivity contribution in [3.8, 4) is 0 Å². The maximum atomic E-state index is 12.8. The van der Waals surface area contributed by atoms with E-state index in [0.717, 1.165) is 38.5 Å². The minimum absolute atomic E-state index is 0.104. The van der Waals surface area contributed by atoms with E-state index < -0.39 is 11.9 Å². The van der Waals surface area contributed by atoms with Crippen LogP contribution in [-0.2, 0) is 9.47 Å². The smallest absolute Gasteiger partial charge is 0.340 e. The molecule has 8 heteroatoms. The predicted molar refractivity (Wildman–Crippen MR) is 134 cm³/mol. The molecular formula is C24H34Cl4O4. The van der Waals surface area contributed by atoms with E-state index in [0.29, 0.717) is 24.7 Å². The van der Waals surface area contributed by atoms with Crippen molar-refractivity contribution >= 4 is 58.3 Å². The molecule has 1 aromatic carbocycles. The molecule has 0 atom stereocenters. The average molecular weight is 528 g/mol. The Morgan fingerprint density at radius 3 is 1.25 bits per heavy atom. The third-order valence-electron chi connectivity index (χ3n) is 4.99. The highest BCUT2D eigenvalue weighted by atomic mass is 35.5. The fourth-order valence-electron chi connectivity index (χ4n) is 3.15. The minimum Gasteiger partial charge on any atom is -0.462 e. The zero-order valence-corrected chi connectivity index (χ0v) is 22.4. The maximum Gasteiger partial charge on any atom is 0.340 e. The first-order valence-electron chi connectivity index (χ1n) is 11.3. The number of hydrogen-bond acceptors (Lipinski definition) is 4. The van der Waals surface area contributed by atoms with Gasteiger partial charge < -0.3 is 9.47 Å². The molecule has 0 bridgehead atoms. The number of rotatable bonds is 14. The van der Waals surface area contributed by atoms with Crippen LogP contribution in [0.2, 0.25) is 20.1 Å². The molecule has 0 heterocycles. The first kappa shape index (κ1) is 29.4. The van der Waals surface area contributed by atoms with Gasteiger partial charge in [-0.3, -0.25) is 0 Å². The second-order valence-electron chi connectivity index (χ2n) is 8.76. The molecule has 4 nitrogen and oxygen atoms in total. The summed E-state index contributed by atoms with van der Waals surface area (Å²) in [7, 11) is 0. The summed E-state index contributed by atoms with van der Waals surface area (Å²) in [5, 5.41) is -0.551. The number of benzene rings is 1. The Bertz CT molecular complexity index is 700. The van der Waals surface area contributed by atoms with Crippen molar-refractivity contribution in [1.29, 1.82) is 0 Å². The molecule has 0 aliphatic rings. The highest BCUT2D eigenvalue weighted by molar-refractivity contribution is 6.54. The van der Waals surface area contributed by atoms with E-state index in [-0.39, 0.29) is 44.4 Å². The lowest BCUT2D eigenvalue weighted by atomic mass is 10.1. The van der Waals surface area contributed by atoms with E-state index in [2.05, 4.69) is 27.7 Å². The van der Waals surface area contributed by atoms with Crippen molar-refractivity contribution in [3.63, 3.8) is 0 Å². The summed E-state index contributed by atoms with van der Waals surface area (Å²) in [6.45, 7) is 9.08. The van der Waals surface area contributed by atoms with Gasteiger partial charge in [-0.05, 0) is 24.7 Å². The van der Waals surface area contributed by atoms with Crippen LogP contribution < -0.4 is 0 Å². The molecule has 0 saturated carbocycles. The lowest BCUT2D eigenvalue weighted by Crippen LogP contribution is -2.17. The SMILES string of the molecule is CC(C)CCCCCOC(=O)c1c(Cl)c(Cl)c(Cl)c(Cl)c1C(=O)OCCCCCC(C)C. The van der Waals surface area contributed by atoms with Crippen LogP contribution in [0.15, 0.2) is 0 Å². The molecule has 32 heavy (non-hydrogen) atoms. The topological polar surface area (TPSA) is 52.6 Å². The van der Waals surface area contributed by atoms with Crippen LogP contribution >= 0.6 is 46.4 Å². The molecule has 1 aromatic rings. The van der Waals surface area contributed by atoms with Crippen LogP contribution in [0, 0.1) is 11.8 Å². The normalized spacial score (nSPS) is 11.3. The number of hydrogen-bond donors (Lipinski definition) is 0. The van der Waals surface area contributed by atoms with Crippen LogP contribution in [0.25, 0.3) is 0 Å². The van der Waals surface area contributed by atoms with Gasteiger partial charge in [0, 0.05) is 0 Å². The largest absolute Gasteiger partial charge is 0.462 e. The highest BCUT2D eigenvalue weighted by Gasteiger charge is 2.30. The van der Waals surface area contributed by atoms with Gasteiger partial charge in [0.05, 0.1) is 44.4 Å². The lowest BCUT2D eigenvalue weighted by Gasteiger charge is -2.15. The summed E-state index contributed by atoms with van der Waals surface area (Å²) in [6, 6.07) is 0. The Hall–Kier alpha value is -0.680. The van der Waals surface area contributed by atoms with Crippen molar-refractivity contribution in [2.75, 3.05) is 13.2 Å². The molecule has 0 saturated heterocycles. The molecular weight excluding hydrogens is 494 g/mol. The Kier molecular flexibility index (Phi) is 14.0. The van der Waals surface area contributed by atoms with Crippen molar-refractivity contribution in [3.05, 3.63) is 31.2 Å². The summed E-state index contributed by atoms with van der Waals surface area (Å²) >= 11 is 24.8. The molecule has 0 aromatic heterocycles. The van der Waals surface area contributed by atoms with E-state index in [4.69, 9.17) is 55.9 Å². The van der Waals surface area contributed by atoms with Crippen molar-refractivity contribution < 1.29 is 19.1 Å². The highest BCUT2D eigenvalue weighted by Crippen LogP contribution is 2.42. The molecule has 182 valence electrons. The molecule has 0 aliphatic heterocycles. The maximum absolute atomic E-state index is 12.8. The molecule has 0 aliphatic carbocycles. The van der Waals surface area contributed by atoms with Gasteiger partial charge in [-0.1, -0.05) is 113 Å². The zero-order chi connectivity index (χ0) is 24.3. The van der Waals surface area contributed by atoms with Crippen molar-refractivity contribution in [1.82, 2.24) is 0 Å². The van der Waals surface area contributed by atoms with E-state index in [9.17, 15) is 9.59 Å². The van der Waals surface area contributed by atoms with Gasteiger partial charge in [-0.2, -0.15) is 0 Å². The fourth-order valence-corrected chi connectivity index (χ4v) is 4.16. The average Bonchev–Trinajstić information content (AvgIpc) is 2.73. The summed E-state index contributed by atoms with van der Waals surface area (Å²) < 4.78 is 10.7. The quantitative estimate of drug-likeness (QED) is 0.105.